The number of hydrogen-bond acceptors (Lipinski definition) is 4. The molecule has 1 atom stereocenters. The van der Waals surface area contributed by atoms with Gasteiger partial charge in [-0.3, -0.25) is 4.79 Å². The van der Waals surface area contributed by atoms with Crippen LogP contribution in [0.3, 0.4) is 0 Å². The first-order valence-corrected chi connectivity index (χ1v) is 13.8. The number of benzene rings is 4. The van der Waals surface area contributed by atoms with E-state index in [0.29, 0.717) is 18.7 Å². The molecule has 3 N–H and O–H groups in total. The van der Waals surface area contributed by atoms with Crippen molar-refractivity contribution in [1.29, 1.82) is 0 Å². The van der Waals surface area contributed by atoms with Crippen molar-refractivity contribution in [3.8, 4) is 5.69 Å². The summed E-state index contributed by atoms with van der Waals surface area (Å²) in [6.07, 6.45) is 2.91. The van der Waals surface area contributed by atoms with Crippen molar-refractivity contribution in [2.24, 2.45) is 11.7 Å². The second-order valence-corrected chi connectivity index (χ2v) is 10.7. The third-order valence-corrected chi connectivity index (χ3v) is 7.57. The fraction of sp³-hybridized carbons (Fsp3) is 0.235. The van der Waals surface area contributed by atoms with Gasteiger partial charge < -0.3 is 11.1 Å². The van der Waals surface area contributed by atoms with E-state index in [9.17, 15) is 4.79 Å². The molecular weight excluding hydrogens is 480 g/mol. The molecule has 39 heavy (non-hydrogen) atoms. The molecule has 6 rings (SSSR count). The first-order valence-electron chi connectivity index (χ1n) is 13.8. The Bertz CT molecular complexity index is 1630. The molecule has 5 aromatic rings. The molecule has 196 valence electrons. The summed E-state index contributed by atoms with van der Waals surface area (Å²) in [5.41, 5.74) is 12.5. The van der Waals surface area contributed by atoms with Crippen molar-refractivity contribution >= 4 is 16.6 Å². The molecule has 0 spiro atoms. The number of carbonyl (C=O) groups excluding carboxylic acids is 1. The van der Waals surface area contributed by atoms with E-state index >= 15 is 0 Å². The van der Waals surface area contributed by atoms with Gasteiger partial charge in [0.15, 0.2) is 5.78 Å². The molecule has 1 saturated carbocycles. The van der Waals surface area contributed by atoms with Crippen LogP contribution in [-0.4, -0.2) is 22.1 Å². The van der Waals surface area contributed by atoms with E-state index in [1.165, 1.54) is 34.7 Å². The van der Waals surface area contributed by atoms with Gasteiger partial charge in [0.05, 0.1) is 17.4 Å². The fourth-order valence-electron chi connectivity index (χ4n) is 5.29. The molecule has 0 radical (unpaired) electrons. The first-order chi connectivity index (χ1) is 19.1. The lowest BCUT2D eigenvalue weighted by Crippen LogP contribution is -2.24. The fourth-order valence-corrected chi connectivity index (χ4v) is 5.29. The summed E-state index contributed by atoms with van der Waals surface area (Å²) in [7, 11) is 0. The van der Waals surface area contributed by atoms with Crippen molar-refractivity contribution in [3.05, 3.63) is 131 Å². The zero-order valence-corrected chi connectivity index (χ0v) is 22.3. The summed E-state index contributed by atoms with van der Waals surface area (Å²) >= 11 is 0. The number of Topliss-reactive ketones (excluding diaryl/α,β-unsaturated/α-hetero) is 1. The van der Waals surface area contributed by atoms with Crippen LogP contribution in [0.1, 0.15) is 57.3 Å². The Kier molecular flexibility index (Phi) is 7.10. The monoisotopic (exact) mass is 514 g/mol. The average molecular weight is 515 g/mol. The highest BCUT2D eigenvalue weighted by Gasteiger charge is 2.24. The number of aryl methyl sites for hydroxylation is 1. The second kappa shape index (κ2) is 11.0. The zero-order chi connectivity index (χ0) is 26.8. The number of aromatic nitrogens is 2. The molecular formula is C34H34N4O. The lowest BCUT2D eigenvalue weighted by molar-refractivity contribution is 0.0985. The molecule has 0 bridgehead atoms. The summed E-state index contributed by atoms with van der Waals surface area (Å²) in [5.74, 6) is 0.804. The Morgan fingerprint density at radius 1 is 0.897 bits per heavy atom. The highest BCUT2D eigenvalue weighted by atomic mass is 16.1. The van der Waals surface area contributed by atoms with E-state index in [1.54, 1.807) is 4.68 Å². The summed E-state index contributed by atoms with van der Waals surface area (Å²) < 4.78 is 1.75. The average Bonchev–Trinajstić information content (AvgIpc) is 3.71. The van der Waals surface area contributed by atoms with Gasteiger partial charge in [-0.2, -0.15) is 5.10 Å². The van der Waals surface area contributed by atoms with E-state index in [2.05, 4.69) is 71.1 Å². The standard InChI is InChI=1S/C34H34N4O/c1-23-16-32(38(37-23)31-11-5-7-26(18-31)21-35)33(39)19-25-6-4-10-29(17-25)34(36-22-24-12-13-24)30-15-14-27-8-2-3-9-28(27)20-30/h2-11,14-18,20,24,34,36H,12-13,19,21-22,35H2,1H3. The number of nitrogens with one attached hydrogen (secondary N) is 1. The third kappa shape index (κ3) is 5.70. The van der Waals surface area contributed by atoms with E-state index in [0.717, 1.165) is 35.0 Å². The SMILES string of the molecule is Cc1cc(C(=O)Cc2cccc(C(NCC3CC3)c3ccc4ccccc4c3)c2)n(-c2cccc(CN)c2)n1. The highest BCUT2D eigenvalue weighted by molar-refractivity contribution is 5.96. The Labute approximate surface area is 229 Å². The number of ketones is 1. The minimum atomic E-state index is 0.0408. The second-order valence-electron chi connectivity index (χ2n) is 10.7. The molecule has 1 unspecified atom stereocenters. The molecule has 1 aromatic heterocycles. The normalized spacial score (nSPS) is 14.0. The van der Waals surface area contributed by atoms with Gasteiger partial charge in [-0.25, -0.2) is 4.68 Å². The van der Waals surface area contributed by atoms with Crippen molar-refractivity contribution < 1.29 is 4.79 Å². The van der Waals surface area contributed by atoms with Gasteiger partial charge in [-0.05, 0) is 89.5 Å². The molecule has 0 aliphatic heterocycles. The van der Waals surface area contributed by atoms with Crippen LogP contribution in [0, 0.1) is 12.8 Å². The van der Waals surface area contributed by atoms with E-state index < -0.39 is 0 Å². The number of nitrogens with two attached hydrogens (primary N) is 1. The smallest absolute Gasteiger partial charge is 0.185 e. The van der Waals surface area contributed by atoms with Crippen molar-refractivity contribution in [1.82, 2.24) is 15.1 Å². The van der Waals surface area contributed by atoms with Gasteiger partial charge in [0.25, 0.3) is 0 Å². The van der Waals surface area contributed by atoms with Crippen molar-refractivity contribution in [2.45, 2.75) is 38.8 Å². The largest absolute Gasteiger partial charge is 0.326 e. The van der Waals surface area contributed by atoms with Gasteiger partial charge >= 0.3 is 0 Å². The van der Waals surface area contributed by atoms with Crippen LogP contribution in [0.5, 0.6) is 0 Å². The summed E-state index contributed by atoms with van der Waals surface area (Å²) in [6, 6.07) is 33.5. The molecule has 0 saturated heterocycles. The lowest BCUT2D eigenvalue weighted by atomic mass is 9.94. The van der Waals surface area contributed by atoms with Gasteiger partial charge in [-0.15, -0.1) is 0 Å². The molecule has 4 aromatic carbocycles. The van der Waals surface area contributed by atoms with Crippen LogP contribution in [-0.2, 0) is 13.0 Å². The molecule has 1 heterocycles. The van der Waals surface area contributed by atoms with Crippen LogP contribution >= 0.6 is 0 Å². The Hall–Kier alpha value is -4.06. The highest BCUT2D eigenvalue weighted by Crippen LogP contribution is 2.31. The van der Waals surface area contributed by atoms with Gasteiger partial charge in [0.1, 0.15) is 5.69 Å². The first kappa shape index (κ1) is 25.2. The molecule has 5 nitrogen and oxygen atoms in total. The molecule has 1 fully saturated rings. The number of nitrogens with zero attached hydrogens (tertiary/aromatic N) is 2. The maximum absolute atomic E-state index is 13.6. The maximum atomic E-state index is 13.6. The molecule has 1 aliphatic carbocycles. The Morgan fingerprint density at radius 3 is 2.49 bits per heavy atom. The van der Waals surface area contributed by atoms with Crippen molar-refractivity contribution in [2.75, 3.05) is 6.54 Å². The number of hydrogen-bond donors (Lipinski definition) is 2. The van der Waals surface area contributed by atoms with Crippen molar-refractivity contribution in [3.63, 3.8) is 0 Å². The quantitative estimate of drug-likeness (QED) is 0.214. The van der Waals surface area contributed by atoms with Gasteiger partial charge in [-0.1, -0.05) is 72.8 Å². The Morgan fingerprint density at radius 2 is 1.67 bits per heavy atom. The predicted octanol–water partition coefficient (Wildman–Crippen LogP) is 6.31. The zero-order valence-electron chi connectivity index (χ0n) is 22.3. The van der Waals surface area contributed by atoms with Gasteiger partial charge in [0.2, 0.25) is 0 Å². The number of fused-ring (bicyclic) bond motifs is 1. The summed E-state index contributed by atoms with van der Waals surface area (Å²) in [5, 5.41) is 10.9. The van der Waals surface area contributed by atoms with Crippen LogP contribution in [0.4, 0.5) is 0 Å². The van der Waals surface area contributed by atoms with E-state index in [1.807, 2.05) is 43.3 Å². The van der Waals surface area contributed by atoms with Crippen LogP contribution in [0.15, 0.2) is 97.1 Å². The lowest BCUT2D eigenvalue weighted by Gasteiger charge is -2.21. The third-order valence-electron chi connectivity index (χ3n) is 7.57. The van der Waals surface area contributed by atoms with Crippen LogP contribution < -0.4 is 11.1 Å². The number of carbonyl (C=O) groups is 1. The number of rotatable bonds is 10. The Balaban J connectivity index is 1.29. The topological polar surface area (TPSA) is 72.9 Å². The summed E-state index contributed by atoms with van der Waals surface area (Å²) in [6.45, 7) is 3.36. The van der Waals surface area contributed by atoms with Crippen LogP contribution in [0.2, 0.25) is 0 Å². The molecule has 1 aliphatic rings. The molecule has 0 amide bonds. The van der Waals surface area contributed by atoms with Gasteiger partial charge in [0, 0.05) is 13.0 Å². The predicted molar refractivity (Wildman–Crippen MR) is 157 cm³/mol. The van der Waals surface area contributed by atoms with E-state index in [-0.39, 0.29) is 11.8 Å². The maximum Gasteiger partial charge on any atom is 0.185 e. The van der Waals surface area contributed by atoms with Crippen LogP contribution in [0.25, 0.3) is 16.5 Å². The minimum Gasteiger partial charge on any atom is -0.326 e. The van der Waals surface area contributed by atoms with E-state index in [4.69, 9.17) is 5.73 Å². The minimum absolute atomic E-state index is 0.0408. The molecule has 5 heteroatoms. The summed E-state index contributed by atoms with van der Waals surface area (Å²) in [4.78, 5) is 13.6.